The smallest absolute Gasteiger partial charge is 0.0314 e. The Balaban J connectivity index is 2.08. The largest absolute Gasteiger partial charge is 0.312 e. The Bertz CT molecular complexity index is 399. The van der Waals surface area contributed by atoms with Crippen molar-refractivity contribution >= 4 is 27.3 Å². The highest BCUT2D eigenvalue weighted by atomic mass is 79.9. The Morgan fingerprint density at radius 2 is 1.95 bits per heavy atom. The highest BCUT2D eigenvalue weighted by molar-refractivity contribution is 9.10. The van der Waals surface area contributed by atoms with Crippen LogP contribution >= 0.6 is 27.3 Å². The predicted molar refractivity (Wildman–Crippen MR) is 89.0 cm³/mol. The van der Waals surface area contributed by atoms with E-state index in [2.05, 4.69) is 53.5 Å². The van der Waals surface area contributed by atoms with Crippen LogP contribution in [0, 0.1) is 5.41 Å². The van der Waals surface area contributed by atoms with Crippen molar-refractivity contribution in [1.29, 1.82) is 0 Å². The highest BCUT2D eigenvalue weighted by Crippen LogP contribution is 2.41. The summed E-state index contributed by atoms with van der Waals surface area (Å²) in [6.07, 6.45) is 8.20. The van der Waals surface area contributed by atoms with E-state index < -0.39 is 0 Å². The minimum absolute atomic E-state index is 0.219. The molecule has 0 radical (unpaired) electrons. The van der Waals surface area contributed by atoms with Gasteiger partial charge in [-0.1, -0.05) is 19.3 Å². The minimum atomic E-state index is 0.219. The maximum absolute atomic E-state index is 3.75. The summed E-state index contributed by atoms with van der Waals surface area (Å²) < 4.78 is 1.30. The molecule has 0 amide bonds. The van der Waals surface area contributed by atoms with Crippen LogP contribution in [0.3, 0.4) is 0 Å². The topological polar surface area (TPSA) is 12.0 Å². The predicted octanol–water partition coefficient (Wildman–Crippen LogP) is 5.39. The van der Waals surface area contributed by atoms with Gasteiger partial charge in [0.05, 0.1) is 0 Å². The van der Waals surface area contributed by atoms with Gasteiger partial charge in [-0.05, 0) is 72.8 Å². The summed E-state index contributed by atoms with van der Waals surface area (Å²) in [5.41, 5.74) is 0.691. The van der Waals surface area contributed by atoms with E-state index in [1.165, 1.54) is 47.9 Å². The molecule has 0 aromatic carbocycles. The Labute approximate surface area is 130 Å². The van der Waals surface area contributed by atoms with Gasteiger partial charge in [0.25, 0.3) is 0 Å². The summed E-state index contributed by atoms with van der Waals surface area (Å²) in [6, 6.07) is 2.19. The second kappa shape index (κ2) is 6.28. The number of hydrogen-bond acceptors (Lipinski definition) is 2. The lowest BCUT2D eigenvalue weighted by Gasteiger charge is -2.40. The van der Waals surface area contributed by atoms with Crippen LogP contribution in [-0.4, -0.2) is 12.1 Å². The molecular weight excluding hydrogens is 318 g/mol. The number of rotatable bonds is 4. The third-order valence-corrected chi connectivity index (χ3v) is 6.06. The highest BCUT2D eigenvalue weighted by Gasteiger charge is 2.33. The molecule has 1 N–H and O–H groups in total. The van der Waals surface area contributed by atoms with E-state index >= 15 is 0 Å². The molecule has 1 aromatic rings. The summed E-state index contributed by atoms with van der Waals surface area (Å²) in [4.78, 5) is 1.53. The summed E-state index contributed by atoms with van der Waals surface area (Å²) >= 11 is 5.60. The first kappa shape index (κ1) is 15.5. The molecule has 108 valence electrons. The molecule has 1 aliphatic rings. The van der Waals surface area contributed by atoms with Crippen molar-refractivity contribution in [3.63, 3.8) is 0 Å². The fraction of sp³-hybridized carbons (Fsp3) is 0.750. The van der Waals surface area contributed by atoms with E-state index in [0.29, 0.717) is 5.41 Å². The van der Waals surface area contributed by atoms with Crippen molar-refractivity contribution < 1.29 is 0 Å². The van der Waals surface area contributed by atoms with Crippen molar-refractivity contribution in [2.24, 2.45) is 5.41 Å². The van der Waals surface area contributed by atoms with E-state index in [4.69, 9.17) is 0 Å². The van der Waals surface area contributed by atoms with Gasteiger partial charge < -0.3 is 5.32 Å². The maximum Gasteiger partial charge on any atom is 0.0314 e. The minimum Gasteiger partial charge on any atom is -0.312 e. The first-order valence-electron chi connectivity index (χ1n) is 7.37. The van der Waals surface area contributed by atoms with Gasteiger partial charge in [-0.25, -0.2) is 0 Å². The molecule has 19 heavy (non-hydrogen) atoms. The van der Waals surface area contributed by atoms with E-state index in [-0.39, 0.29) is 5.54 Å². The SMILES string of the molecule is CC(C)(C)NCC1(Cc2sccc2Br)CCCCC1. The Hall–Kier alpha value is 0.140. The van der Waals surface area contributed by atoms with Crippen molar-refractivity contribution in [2.45, 2.75) is 64.8 Å². The second-order valence-electron chi connectivity index (χ2n) is 7.03. The first-order chi connectivity index (χ1) is 8.90. The quantitative estimate of drug-likeness (QED) is 0.772. The van der Waals surface area contributed by atoms with E-state index in [9.17, 15) is 0 Å². The zero-order valence-electron chi connectivity index (χ0n) is 12.4. The third-order valence-electron chi connectivity index (χ3n) is 4.13. The van der Waals surface area contributed by atoms with Crippen LogP contribution in [0.2, 0.25) is 0 Å². The van der Waals surface area contributed by atoms with E-state index in [1.54, 1.807) is 0 Å². The normalized spacial score (nSPS) is 19.6. The lowest BCUT2D eigenvalue weighted by atomic mass is 9.71. The molecular formula is C16H26BrNS. The molecule has 1 heterocycles. The fourth-order valence-corrected chi connectivity index (χ4v) is 4.63. The number of nitrogens with one attached hydrogen (secondary N) is 1. The average molecular weight is 344 g/mol. The van der Waals surface area contributed by atoms with E-state index in [1.807, 2.05) is 11.3 Å². The van der Waals surface area contributed by atoms with Gasteiger partial charge in [-0.2, -0.15) is 0 Å². The monoisotopic (exact) mass is 343 g/mol. The van der Waals surface area contributed by atoms with Crippen LogP contribution in [0.25, 0.3) is 0 Å². The maximum atomic E-state index is 3.75. The zero-order chi connectivity index (χ0) is 13.9. The van der Waals surface area contributed by atoms with Crippen LogP contribution in [0.15, 0.2) is 15.9 Å². The van der Waals surface area contributed by atoms with Gasteiger partial charge in [-0.3, -0.25) is 0 Å². The molecule has 3 heteroatoms. The van der Waals surface area contributed by atoms with Crippen LogP contribution in [-0.2, 0) is 6.42 Å². The molecule has 0 spiro atoms. The molecule has 1 saturated carbocycles. The summed E-state index contributed by atoms with van der Waals surface area (Å²) in [5, 5.41) is 5.96. The second-order valence-corrected chi connectivity index (χ2v) is 8.89. The van der Waals surface area contributed by atoms with Gasteiger partial charge in [0.2, 0.25) is 0 Å². The molecule has 1 nitrogen and oxygen atoms in total. The molecule has 0 atom stereocenters. The number of thiophene rings is 1. The van der Waals surface area contributed by atoms with Crippen LogP contribution in [0.1, 0.15) is 57.8 Å². The first-order valence-corrected chi connectivity index (χ1v) is 9.04. The van der Waals surface area contributed by atoms with Gasteiger partial charge in [0.1, 0.15) is 0 Å². The molecule has 1 aromatic heterocycles. The molecule has 0 saturated heterocycles. The summed E-state index contributed by atoms with van der Waals surface area (Å²) in [5.74, 6) is 0. The number of halogens is 1. The third kappa shape index (κ3) is 4.57. The molecule has 0 bridgehead atoms. The van der Waals surface area contributed by atoms with Gasteiger partial charge >= 0.3 is 0 Å². The van der Waals surface area contributed by atoms with Crippen molar-refractivity contribution in [1.82, 2.24) is 5.32 Å². The van der Waals surface area contributed by atoms with Crippen LogP contribution in [0.4, 0.5) is 0 Å². The average Bonchev–Trinajstić information content (AvgIpc) is 2.73. The Morgan fingerprint density at radius 1 is 1.26 bits per heavy atom. The van der Waals surface area contributed by atoms with Crippen molar-refractivity contribution in [3.8, 4) is 0 Å². The van der Waals surface area contributed by atoms with Gasteiger partial charge in [0.15, 0.2) is 0 Å². The summed E-state index contributed by atoms with van der Waals surface area (Å²) in [6.45, 7) is 7.96. The van der Waals surface area contributed by atoms with Gasteiger partial charge in [0, 0.05) is 21.4 Å². The van der Waals surface area contributed by atoms with Crippen molar-refractivity contribution in [3.05, 3.63) is 20.8 Å². The molecule has 0 unspecified atom stereocenters. The van der Waals surface area contributed by atoms with Gasteiger partial charge in [-0.15, -0.1) is 11.3 Å². The standard InChI is InChI=1S/C16H26BrNS/c1-15(2,3)18-12-16(8-5-4-6-9-16)11-14-13(17)7-10-19-14/h7,10,18H,4-6,8-9,11-12H2,1-3H3. The zero-order valence-corrected chi connectivity index (χ0v) is 14.8. The van der Waals surface area contributed by atoms with Crippen LogP contribution < -0.4 is 5.32 Å². The molecule has 2 rings (SSSR count). The lowest BCUT2D eigenvalue weighted by Crippen LogP contribution is -2.45. The Morgan fingerprint density at radius 3 is 2.47 bits per heavy atom. The van der Waals surface area contributed by atoms with E-state index in [0.717, 1.165) is 6.54 Å². The Kier molecular flexibility index (Phi) is 5.13. The number of hydrogen-bond donors (Lipinski definition) is 1. The molecule has 1 fully saturated rings. The molecule has 1 aliphatic carbocycles. The lowest BCUT2D eigenvalue weighted by molar-refractivity contribution is 0.166. The molecule has 0 aliphatic heterocycles. The van der Waals surface area contributed by atoms with Crippen molar-refractivity contribution in [2.75, 3.05) is 6.54 Å². The fourth-order valence-electron chi connectivity index (χ4n) is 2.96. The van der Waals surface area contributed by atoms with Crippen LogP contribution in [0.5, 0.6) is 0 Å². The summed E-state index contributed by atoms with van der Waals surface area (Å²) in [7, 11) is 0.